The van der Waals surface area contributed by atoms with E-state index in [2.05, 4.69) is 62.4 Å². The van der Waals surface area contributed by atoms with Crippen LogP contribution in [0, 0.1) is 23.7 Å². The van der Waals surface area contributed by atoms with Gasteiger partial charge in [0.25, 0.3) is 0 Å². The zero-order valence-electron chi connectivity index (χ0n) is 27.7. The van der Waals surface area contributed by atoms with Gasteiger partial charge >= 0.3 is 6.09 Å². The summed E-state index contributed by atoms with van der Waals surface area (Å²) in [6.07, 6.45) is 5.58. The summed E-state index contributed by atoms with van der Waals surface area (Å²) in [7, 11) is 0. The molecule has 1 aromatic heterocycles. The van der Waals surface area contributed by atoms with Crippen LogP contribution in [0.1, 0.15) is 91.7 Å². The highest BCUT2D eigenvalue weighted by Crippen LogP contribution is 2.45. The predicted molar refractivity (Wildman–Crippen MR) is 170 cm³/mol. The van der Waals surface area contributed by atoms with Crippen molar-refractivity contribution in [2.45, 2.75) is 118 Å². The third-order valence-electron chi connectivity index (χ3n) is 9.89. The third kappa shape index (κ3) is 6.81. The number of hydrogen-bond donors (Lipinski definition) is 2. The minimum atomic E-state index is -0.896. The Morgan fingerprint density at radius 1 is 1.20 bits per heavy atom. The van der Waals surface area contributed by atoms with E-state index in [1.807, 2.05) is 26.8 Å². The van der Waals surface area contributed by atoms with Crippen LogP contribution >= 0.6 is 0 Å². The van der Waals surface area contributed by atoms with Crippen LogP contribution in [0.15, 0.2) is 24.4 Å². The molecule has 3 aliphatic rings. The number of cyclic esters (lactones) is 1. The molecule has 240 valence electrons. The van der Waals surface area contributed by atoms with E-state index in [-0.39, 0.29) is 35.9 Å². The number of fused-ring (bicyclic) bond motifs is 3. The van der Waals surface area contributed by atoms with Gasteiger partial charge in [0.05, 0.1) is 13.2 Å². The molecule has 44 heavy (non-hydrogen) atoms. The van der Waals surface area contributed by atoms with E-state index in [9.17, 15) is 14.4 Å². The Hall–Kier alpha value is -3.36. The number of pyridine rings is 1. The fourth-order valence-corrected chi connectivity index (χ4v) is 6.88. The molecule has 4 bridgehead atoms. The largest absolute Gasteiger partial charge is 0.472 e. The highest BCUT2D eigenvalue weighted by Gasteiger charge is 2.53. The van der Waals surface area contributed by atoms with Gasteiger partial charge in [-0.1, -0.05) is 54.0 Å². The van der Waals surface area contributed by atoms with Crippen LogP contribution in [-0.4, -0.2) is 64.7 Å². The topological polar surface area (TPSA) is 110 Å². The predicted octanol–water partition coefficient (Wildman–Crippen LogP) is 5.70. The van der Waals surface area contributed by atoms with Crippen molar-refractivity contribution in [1.82, 2.24) is 20.5 Å². The molecule has 2 fully saturated rings. The van der Waals surface area contributed by atoms with Crippen LogP contribution in [0.25, 0.3) is 10.8 Å². The van der Waals surface area contributed by atoms with E-state index in [1.54, 1.807) is 11.1 Å². The summed E-state index contributed by atoms with van der Waals surface area (Å²) >= 11 is 0. The lowest BCUT2D eigenvalue weighted by atomic mass is 9.85. The first-order valence-corrected chi connectivity index (χ1v) is 16.2. The Morgan fingerprint density at radius 3 is 2.64 bits per heavy atom. The molecule has 3 heterocycles. The summed E-state index contributed by atoms with van der Waals surface area (Å²) in [4.78, 5) is 47.5. The Balaban J connectivity index is 1.52. The standard InChI is InChI=1S/C35H50N4O5/c1-9-24-18-35(24,8)38-29(40)27-17-25-19-39(27)31(41)28(33(3,4)5)37-32(42)43-20-34(6,7)13-10-11-22-16-26-23(15-21(22)2)12-14-36-30(26)44-25/h12,14-16,24-25,27-28H,9-11,13,17-20H2,1-8H3,(H,37,42)(H,38,40)/t24?,25-,27+,28-,35?/m1/s1. The zero-order chi connectivity index (χ0) is 32.0. The number of amides is 3. The number of ether oxygens (including phenoxy) is 2. The fourth-order valence-electron chi connectivity index (χ4n) is 6.88. The van der Waals surface area contributed by atoms with Crippen LogP contribution in [0.3, 0.4) is 0 Å². The van der Waals surface area contributed by atoms with Crippen molar-refractivity contribution in [3.63, 3.8) is 0 Å². The molecule has 0 radical (unpaired) electrons. The molecule has 1 aromatic carbocycles. The van der Waals surface area contributed by atoms with Crippen molar-refractivity contribution < 1.29 is 23.9 Å². The molecule has 2 aliphatic heterocycles. The third-order valence-corrected chi connectivity index (χ3v) is 9.89. The average molecular weight is 607 g/mol. The van der Waals surface area contributed by atoms with E-state index in [1.165, 1.54) is 11.1 Å². The molecular formula is C35H50N4O5. The van der Waals surface area contributed by atoms with Gasteiger partial charge in [0.2, 0.25) is 17.7 Å². The second kappa shape index (κ2) is 11.9. The molecular weight excluding hydrogens is 556 g/mol. The lowest BCUT2D eigenvalue weighted by molar-refractivity contribution is -0.142. The van der Waals surface area contributed by atoms with Crippen molar-refractivity contribution >= 4 is 28.7 Å². The molecule has 2 aromatic rings. The highest BCUT2D eigenvalue weighted by atomic mass is 16.5. The Kier molecular flexibility index (Phi) is 8.64. The first-order chi connectivity index (χ1) is 20.6. The molecule has 2 unspecified atom stereocenters. The minimum Gasteiger partial charge on any atom is -0.472 e. The number of rotatable bonds is 3. The van der Waals surface area contributed by atoms with Gasteiger partial charge in [-0.25, -0.2) is 9.78 Å². The first kappa shape index (κ1) is 32.0. The van der Waals surface area contributed by atoms with Gasteiger partial charge in [-0.15, -0.1) is 0 Å². The van der Waals surface area contributed by atoms with Gasteiger partial charge in [0, 0.05) is 23.5 Å². The molecule has 9 nitrogen and oxygen atoms in total. The highest BCUT2D eigenvalue weighted by molar-refractivity contribution is 5.93. The summed E-state index contributed by atoms with van der Waals surface area (Å²) in [5.74, 6) is 0.428. The number of benzene rings is 1. The second-order valence-corrected chi connectivity index (χ2v) is 15.4. The Bertz CT molecular complexity index is 1430. The normalized spacial score (nSPS) is 29.3. The van der Waals surface area contributed by atoms with Crippen molar-refractivity contribution in [2.75, 3.05) is 13.2 Å². The molecule has 5 rings (SSSR count). The van der Waals surface area contributed by atoms with Crippen LogP contribution in [-0.2, 0) is 20.7 Å². The van der Waals surface area contributed by atoms with Gasteiger partial charge in [0.1, 0.15) is 18.2 Å². The summed E-state index contributed by atoms with van der Waals surface area (Å²) in [5, 5.41) is 8.07. The van der Waals surface area contributed by atoms with E-state index in [0.717, 1.165) is 42.9 Å². The Morgan fingerprint density at radius 2 is 1.95 bits per heavy atom. The van der Waals surface area contributed by atoms with Crippen LogP contribution in [0.2, 0.25) is 0 Å². The van der Waals surface area contributed by atoms with Gasteiger partial charge < -0.3 is 25.0 Å². The van der Waals surface area contributed by atoms with Crippen molar-refractivity contribution in [3.8, 4) is 5.88 Å². The number of hydrogen-bond acceptors (Lipinski definition) is 6. The number of nitrogens with one attached hydrogen (secondary N) is 2. The smallest absolute Gasteiger partial charge is 0.407 e. The maximum atomic E-state index is 14.3. The molecule has 0 spiro atoms. The average Bonchev–Trinajstić information content (AvgIpc) is 3.39. The minimum absolute atomic E-state index is 0.186. The zero-order valence-corrected chi connectivity index (χ0v) is 27.7. The van der Waals surface area contributed by atoms with E-state index >= 15 is 0 Å². The summed E-state index contributed by atoms with van der Waals surface area (Å²) < 4.78 is 12.3. The number of carbonyl (C=O) groups excluding carboxylic acids is 3. The monoisotopic (exact) mass is 606 g/mol. The quantitative estimate of drug-likeness (QED) is 0.464. The van der Waals surface area contributed by atoms with E-state index in [4.69, 9.17) is 9.47 Å². The van der Waals surface area contributed by atoms with Crippen LogP contribution in [0.4, 0.5) is 4.79 Å². The summed E-state index contributed by atoms with van der Waals surface area (Å²) in [5.41, 5.74) is 1.29. The summed E-state index contributed by atoms with van der Waals surface area (Å²) in [6.45, 7) is 16.6. The van der Waals surface area contributed by atoms with Crippen LogP contribution < -0.4 is 15.4 Å². The molecule has 5 atom stereocenters. The molecule has 2 N–H and O–H groups in total. The first-order valence-electron chi connectivity index (χ1n) is 16.2. The fraction of sp³-hybridized carbons (Fsp3) is 0.657. The second-order valence-electron chi connectivity index (χ2n) is 15.4. The molecule has 1 aliphatic carbocycles. The van der Waals surface area contributed by atoms with Crippen molar-refractivity contribution in [1.29, 1.82) is 0 Å². The number of alkyl carbamates (subject to hydrolysis) is 1. The molecule has 3 amide bonds. The Labute approximate surface area is 261 Å². The van der Waals surface area contributed by atoms with Crippen molar-refractivity contribution in [3.05, 3.63) is 35.5 Å². The number of nitrogens with zero attached hydrogens (tertiary/aromatic N) is 2. The summed E-state index contributed by atoms with van der Waals surface area (Å²) in [6, 6.07) is 4.70. The molecule has 1 saturated heterocycles. The maximum absolute atomic E-state index is 14.3. The van der Waals surface area contributed by atoms with E-state index < -0.39 is 29.7 Å². The SMILES string of the molecule is CCC1CC1(C)NC(=O)[C@@H]1C[C@@H]2CN1C(=O)[C@H](C(C)(C)C)NC(=O)OCC(C)(C)CCCc1cc3c(nccc3cc1C)O2. The maximum Gasteiger partial charge on any atom is 0.407 e. The molecule has 1 saturated carbocycles. The van der Waals surface area contributed by atoms with Gasteiger partial charge in [-0.2, -0.15) is 0 Å². The van der Waals surface area contributed by atoms with Gasteiger partial charge in [0.15, 0.2) is 0 Å². The number of aryl methyl sites for hydroxylation is 2. The lowest BCUT2D eigenvalue weighted by Crippen LogP contribution is -2.58. The van der Waals surface area contributed by atoms with Gasteiger partial charge in [-0.05, 0) is 84.9 Å². The van der Waals surface area contributed by atoms with Crippen molar-refractivity contribution in [2.24, 2.45) is 16.7 Å². The number of carbonyl (C=O) groups is 3. The molecule has 9 heteroatoms. The lowest BCUT2D eigenvalue weighted by Gasteiger charge is -2.35. The number of aromatic nitrogens is 1. The van der Waals surface area contributed by atoms with E-state index in [0.29, 0.717) is 18.2 Å². The van der Waals surface area contributed by atoms with Crippen LogP contribution in [0.5, 0.6) is 5.88 Å². The van der Waals surface area contributed by atoms with Gasteiger partial charge in [-0.3, -0.25) is 9.59 Å².